The summed E-state index contributed by atoms with van der Waals surface area (Å²) < 4.78 is 0. The zero-order valence-electron chi connectivity index (χ0n) is 10.4. The van der Waals surface area contributed by atoms with Crippen molar-refractivity contribution in [1.29, 1.82) is 0 Å². The Morgan fingerprint density at radius 3 is 2.94 bits per heavy atom. The Bertz CT molecular complexity index is 389. The van der Waals surface area contributed by atoms with Gasteiger partial charge in [-0.3, -0.25) is 9.88 Å². The SMILES string of the molecule is CC(C)(O)[C@H]1CCN(Cc2cnccc2Cl)C1. The fourth-order valence-corrected chi connectivity index (χ4v) is 2.49. The van der Waals surface area contributed by atoms with Gasteiger partial charge in [0, 0.05) is 42.0 Å². The molecule has 1 aromatic heterocycles. The minimum absolute atomic E-state index is 0.345. The summed E-state index contributed by atoms with van der Waals surface area (Å²) in [5.74, 6) is 0.345. The molecule has 1 fully saturated rings. The molecule has 94 valence electrons. The van der Waals surface area contributed by atoms with Crippen molar-refractivity contribution in [3.63, 3.8) is 0 Å². The van der Waals surface area contributed by atoms with E-state index in [9.17, 15) is 5.11 Å². The Hall–Kier alpha value is -0.640. The average Bonchev–Trinajstić information content (AvgIpc) is 2.69. The molecule has 17 heavy (non-hydrogen) atoms. The molecule has 1 saturated heterocycles. The summed E-state index contributed by atoms with van der Waals surface area (Å²) >= 11 is 6.11. The van der Waals surface area contributed by atoms with E-state index < -0.39 is 5.60 Å². The first-order valence-electron chi connectivity index (χ1n) is 6.00. The topological polar surface area (TPSA) is 36.4 Å². The lowest BCUT2D eigenvalue weighted by atomic mass is 9.90. The molecule has 0 bridgehead atoms. The minimum atomic E-state index is -0.590. The zero-order valence-corrected chi connectivity index (χ0v) is 11.1. The van der Waals surface area contributed by atoms with Crippen molar-refractivity contribution in [3.8, 4) is 0 Å². The molecule has 2 heterocycles. The van der Waals surface area contributed by atoms with Crippen LogP contribution in [0.5, 0.6) is 0 Å². The fraction of sp³-hybridized carbons (Fsp3) is 0.615. The van der Waals surface area contributed by atoms with E-state index in [-0.39, 0.29) is 0 Å². The van der Waals surface area contributed by atoms with Crippen molar-refractivity contribution in [1.82, 2.24) is 9.88 Å². The molecule has 4 heteroatoms. The van der Waals surface area contributed by atoms with Gasteiger partial charge in [-0.05, 0) is 32.9 Å². The summed E-state index contributed by atoms with van der Waals surface area (Å²) in [5.41, 5.74) is 0.471. The maximum absolute atomic E-state index is 9.99. The van der Waals surface area contributed by atoms with E-state index in [1.54, 1.807) is 6.20 Å². The first-order chi connectivity index (χ1) is 7.97. The Balaban J connectivity index is 1.97. The highest BCUT2D eigenvalue weighted by Gasteiger charge is 2.33. The zero-order chi connectivity index (χ0) is 12.5. The van der Waals surface area contributed by atoms with E-state index in [1.807, 2.05) is 26.1 Å². The predicted octanol–water partition coefficient (Wildman–Crippen LogP) is 2.33. The third-order valence-corrected chi connectivity index (χ3v) is 3.88. The number of aromatic nitrogens is 1. The third-order valence-electron chi connectivity index (χ3n) is 3.51. The van der Waals surface area contributed by atoms with Crippen molar-refractivity contribution in [2.75, 3.05) is 13.1 Å². The van der Waals surface area contributed by atoms with Gasteiger partial charge in [-0.15, -0.1) is 0 Å². The number of likely N-dealkylation sites (tertiary alicyclic amines) is 1. The van der Waals surface area contributed by atoms with Gasteiger partial charge in [-0.2, -0.15) is 0 Å². The Kier molecular flexibility index (Phi) is 3.71. The van der Waals surface area contributed by atoms with Crippen LogP contribution in [0.15, 0.2) is 18.5 Å². The highest BCUT2D eigenvalue weighted by Crippen LogP contribution is 2.28. The molecule has 0 unspecified atom stereocenters. The first-order valence-corrected chi connectivity index (χ1v) is 6.38. The lowest BCUT2D eigenvalue weighted by molar-refractivity contribution is 0.0208. The van der Waals surface area contributed by atoms with E-state index in [0.29, 0.717) is 5.92 Å². The molecule has 1 aromatic rings. The molecule has 0 saturated carbocycles. The smallest absolute Gasteiger partial charge is 0.0632 e. The van der Waals surface area contributed by atoms with E-state index in [2.05, 4.69) is 9.88 Å². The Labute approximate surface area is 107 Å². The van der Waals surface area contributed by atoms with Gasteiger partial charge in [0.1, 0.15) is 0 Å². The molecule has 0 aliphatic carbocycles. The van der Waals surface area contributed by atoms with Gasteiger partial charge in [0.15, 0.2) is 0 Å². The first kappa shape index (κ1) is 12.8. The van der Waals surface area contributed by atoms with Crippen LogP contribution in [0.4, 0.5) is 0 Å². The number of hydrogen-bond donors (Lipinski definition) is 1. The fourth-order valence-electron chi connectivity index (χ4n) is 2.32. The number of nitrogens with zero attached hydrogens (tertiary/aromatic N) is 2. The van der Waals surface area contributed by atoms with Crippen molar-refractivity contribution in [2.45, 2.75) is 32.4 Å². The van der Waals surface area contributed by atoms with E-state index in [4.69, 9.17) is 11.6 Å². The lowest BCUT2D eigenvalue weighted by Crippen LogP contribution is -2.33. The molecular weight excluding hydrogens is 236 g/mol. The van der Waals surface area contributed by atoms with Crippen LogP contribution in [0.3, 0.4) is 0 Å². The van der Waals surface area contributed by atoms with Crippen LogP contribution in [-0.4, -0.2) is 33.7 Å². The largest absolute Gasteiger partial charge is 0.390 e. The maximum atomic E-state index is 9.99. The van der Waals surface area contributed by atoms with Crippen molar-refractivity contribution in [3.05, 3.63) is 29.0 Å². The van der Waals surface area contributed by atoms with Gasteiger partial charge in [-0.25, -0.2) is 0 Å². The summed E-state index contributed by atoms with van der Waals surface area (Å²) in [4.78, 5) is 6.42. The van der Waals surface area contributed by atoms with Crippen molar-refractivity contribution in [2.24, 2.45) is 5.92 Å². The number of halogens is 1. The van der Waals surface area contributed by atoms with Crippen LogP contribution in [-0.2, 0) is 6.54 Å². The minimum Gasteiger partial charge on any atom is -0.390 e. The summed E-state index contributed by atoms with van der Waals surface area (Å²) in [5, 5.41) is 10.8. The molecule has 0 spiro atoms. The second kappa shape index (κ2) is 4.92. The summed E-state index contributed by atoms with van der Waals surface area (Å²) in [6.45, 7) is 6.53. The molecule has 1 aliphatic heterocycles. The Morgan fingerprint density at radius 2 is 2.35 bits per heavy atom. The summed E-state index contributed by atoms with van der Waals surface area (Å²) in [6, 6.07) is 1.82. The molecular formula is C13H19ClN2O. The molecule has 0 aromatic carbocycles. The lowest BCUT2D eigenvalue weighted by Gasteiger charge is -2.25. The van der Waals surface area contributed by atoms with E-state index >= 15 is 0 Å². The van der Waals surface area contributed by atoms with Crippen LogP contribution in [0.1, 0.15) is 25.8 Å². The standard InChI is InChI=1S/C13H19ClN2O/c1-13(2,17)11-4-6-16(9-11)8-10-7-15-5-3-12(10)14/h3,5,7,11,17H,4,6,8-9H2,1-2H3/t11-/m0/s1. The highest BCUT2D eigenvalue weighted by atomic mass is 35.5. The highest BCUT2D eigenvalue weighted by molar-refractivity contribution is 6.31. The normalized spacial score (nSPS) is 22.0. The molecule has 3 nitrogen and oxygen atoms in total. The van der Waals surface area contributed by atoms with Gasteiger partial charge in [0.2, 0.25) is 0 Å². The second-order valence-corrected chi connectivity index (χ2v) is 5.75. The molecule has 1 aliphatic rings. The number of pyridine rings is 1. The van der Waals surface area contributed by atoms with Crippen LogP contribution >= 0.6 is 11.6 Å². The molecule has 0 radical (unpaired) electrons. The van der Waals surface area contributed by atoms with Crippen LogP contribution < -0.4 is 0 Å². The summed E-state index contributed by atoms with van der Waals surface area (Å²) in [6.07, 6.45) is 4.57. The molecule has 1 atom stereocenters. The quantitative estimate of drug-likeness (QED) is 0.900. The van der Waals surface area contributed by atoms with Crippen molar-refractivity contribution >= 4 is 11.6 Å². The average molecular weight is 255 g/mol. The summed E-state index contributed by atoms with van der Waals surface area (Å²) in [7, 11) is 0. The number of rotatable bonds is 3. The predicted molar refractivity (Wildman–Crippen MR) is 68.9 cm³/mol. The van der Waals surface area contributed by atoms with Crippen LogP contribution in [0, 0.1) is 5.92 Å². The maximum Gasteiger partial charge on any atom is 0.0632 e. The van der Waals surface area contributed by atoms with Crippen LogP contribution in [0.25, 0.3) is 0 Å². The van der Waals surface area contributed by atoms with Crippen molar-refractivity contribution < 1.29 is 5.11 Å². The Morgan fingerprint density at radius 1 is 1.59 bits per heavy atom. The van der Waals surface area contributed by atoms with E-state index in [1.165, 1.54) is 0 Å². The van der Waals surface area contributed by atoms with Gasteiger partial charge in [-0.1, -0.05) is 11.6 Å². The van der Waals surface area contributed by atoms with Gasteiger partial charge < -0.3 is 5.11 Å². The second-order valence-electron chi connectivity index (χ2n) is 5.34. The monoisotopic (exact) mass is 254 g/mol. The third kappa shape index (κ3) is 3.18. The number of hydrogen-bond acceptors (Lipinski definition) is 3. The van der Waals surface area contributed by atoms with E-state index in [0.717, 1.165) is 36.6 Å². The molecule has 0 amide bonds. The van der Waals surface area contributed by atoms with Gasteiger partial charge in [0.05, 0.1) is 5.60 Å². The van der Waals surface area contributed by atoms with Crippen LogP contribution in [0.2, 0.25) is 5.02 Å². The number of aliphatic hydroxyl groups is 1. The molecule has 1 N–H and O–H groups in total. The molecule has 2 rings (SSSR count). The van der Waals surface area contributed by atoms with Gasteiger partial charge in [0.25, 0.3) is 0 Å². The van der Waals surface area contributed by atoms with Gasteiger partial charge >= 0.3 is 0 Å².